The molecule has 0 saturated carbocycles. The van der Waals surface area contributed by atoms with Gasteiger partial charge < -0.3 is 5.32 Å². The lowest BCUT2D eigenvalue weighted by atomic mass is 10.5. The Kier molecular flexibility index (Phi) is 2.77. The normalized spacial score (nSPS) is 8.90. The van der Waals surface area contributed by atoms with E-state index in [0.29, 0.717) is 0 Å². The van der Waals surface area contributed by atoms with Crippen molar-refractivity contribution in [2.24, 2.45) is 0 Å². The maximum atomic E-state index is 4.60. The van der Waals surface area contributed by atoms with Gasteiger partial charge in [-0.25, -0.2) is 4.98 Å². The third-order valence-electron chi connectivity index (χ3n) is 0.954. The van der Waals surface area contributed by atoms with Crippen molar-refractivity contribution in [2.75, 3.05) is 5.32 Å². The summed E-state index contributed by atoms with van der Waals surface area (Å²) in [7, 11) is 0. The fourth-order valence-electron chi connectivity index (χ4n) is 0.548. The lowest BCUT2D eigenvalue weighted by Gasteiger charge is -1.98. The molecule has 0 unspecified atom stereocenters. The van der Waals surface area contributed by atoms with E-state index in [9.17, 15) is 0 Å². The van der Waals surface area contributed by atoms with Crippen LogP contribution in [-0.4, -0.2) is 10.5 Å². The first-order chi connectivity index (χ1) is 4.84. The van der Waals surface area contributed by atoms with Crippen molar-refractivity contribution in [1.29, 1.82) is 0 Å². The lowest BCUT2D eigenvalue weighted by molar-refractivity contribution is 1.31. The summed E-state index contributed by atoms with van der Waals surface area (Å²) in [5, 5.41) is 2.81. The Hall–Kier alpha value is -0.480. The quantitative estimate of drug-likeness (QED) is 0.768. The zero-order chi connectivity index (χ0) is 7.40. The summed E-state index contributed by atoms with van der Waals surface area (Å²) in [4.78, 5) is 4.01. The summed E-state index contributed by atoms with van der Waals surface area (Å²) in [6.45, 7) is 0. The highest BCUT2D eigenvalue weighted by atomic mass is 79.9. The number of nitrogens with zero attached hydrogens (tertiary/aromatic N) is 1. The van der Waals surface area contributed by atoms with Crippen LogP contribution in [0.25, 0.3) is 0 Å². The third kappa shape index (κ3) is 1.75. The van der Waals surface area contributed by atoms with Gasteiger partial charge in [0.2, 0.25) is 0 Å². The van der Waals surface area contributed by atoms with Crippen molar-refractivity contribution in [3.8, 4) is 0 Å². The number of halogens is 1. The molecule has 1 aromatic heterocycles. The lowest BCUT2D eigenvalue weighted by Crippen LogP contribution is -1.94. The van der Waals surface area contributed by atoms with Crippen molar-refractivity contribution < 1.29 is 0 Å². The van der Waals surface area contributed by atoms with Crippen LogP contribution in [0, 0.1) is 0 Å². The molecule has 0 atom stereocenters. The predicted molar refractivity (Wildman–Crippen MR) is 49.2 cm³/mol. The molecule has 0 aromatic carbocycles. The number of anilines is 1. The highest BCUT2D eigenvalue weighted by Crippen LogP contribution is 2.16. The molecule has 0 saturated heterocycles. The Bertz CT molecular complexity index is 239. The van der Waals surface area contributed by atoms with Crippen LogP contribution >= 0.6 is 28.1 Å². The second-order valence-corrected chi connectivity index (χ2v) is 2.69. The third-order valence-corrected chi connectivity index (χ3v) is 1.71. The maximum absolute atomic E-state index is 4.60. The van der Waals surface area contributed by atoms with Gasteiger partial charge in [0.1, 0.15) is 5.82 Å². The number of nitrogens with one attached hydrogen (secondary N) is 1. The minimum absolute atomic E-state index is 0.748. The van der Waals surface area contributed by atoms with Gasteiger partial charge in [-0.3, -0.25) is 0 Å². The summed E-state index contributed by atoms with van der Waals surface area (Å²) >= 11 is 7.90. The van der Waals surface area contributed by atoms with Crippen molar-refractivity contribution in [2.45, 2.75) is 0 Å². The summed E-state index contributed by atoms with van der Waals surface area (Å²) < 4.78 is 0.913. The molecule has 0 aliphatic rings. The molecular weight excluding hydrogens is 212 g/mol. The van der Waals surface area contributed by atoms with E-state index in [-0.39, 0.29) is 0 Å². The van der Waals surface area contributed by atoms with E-state index < -0.39 is 0 Å². The first-order valence-corrected chi connectivity index (χ1v) is 3.91. The summed E-state index contributed by atoms with van der Waals surface area (Å²) in [6.07, 6.45) is 1.70. The smallest absolute Gasteiger partial charge is 0.144 e. The molecule has 0 aliphatic carbocycles. The first-order valence-electron chi connectivity index (χ1n) is 2.65. The van der Waals surface area contributed by atoms with Crippen molar-refractivity contribution in [1.82, 2.24) is 4.98 Å². The number of aromatic nitrogens is 1. The molecule has 1 heterocycles. The van der Waals surface area contributed by atoms with Crippen molar-refractivity contribution in [3.05, 3.63) is 22.8 Å². The standard InChI is InChI=1S/C6H5BrN2S/c7-5-2-1-3-8-6(5)9-4-10/h1-4H,(H,8,9,10). The zero-order valence-corrected chi connectivity index (χ0v) is 7.45. The molecule has 1 N–H and O–H groups in total. The predicted octanol–water partition coefficient (Wildman–Crippen LogP) is 2.21. The monoisotopic (exact) mass is 216 g/mol. The molecular formula is C6H5BrN2S. The number of rotatable bonds is 2. The molecule has 52 valence electrons. The molecule has 1 aromatic rings. The van der Waals surface area contributed by atoms with Crippen LogP contribution < -0.4 is 5.32 Å². The number of hydrogen-bond donors (Lipinski definition) is 1. The molecule has 1 rings (SSSR count). The summed E-state index contributed by atoms with van der Waals surface area (Å²) in [5.74, 6) is 0.748. The molecule has 0 aliphatic heterocycles. The molecule has 0 bridgehead atoms. The number of thiocarbonyl (C=S) groups is 1. The van der Waals surface area contributed by atoms with E-state index in [4.69, 9.17) is 0 Å². The Morgan fingerprint density at radius 3 is 3.10 bits per heavy atom. The van der Waals surface area contributed by atoms with E-state index in [1.807, 2.05) is 12.1 Å². The maximum Gasteiger partial charge on any atom is 0.144 e. The summed E-state index contributed by atoms with van der Waals surface area (Å²) in [5.41, 5.74) is 1.42. The zero-order valence-electron chi connectivity index (χ0n) is 5.04. The van der Waals surface area contributed by atoms with Gasteiger partial charge in [-0.2, -0.15) is 0 Å². The van der Waals surface area contributed by atoms with E-state index in [2.05, 4.69) is 38.4 Å². The van der Waals surface area contributed by atoms with Crippen molar-refractivity contribution >= 4 is 39.5 Å². The second-order valence-electron chi connectivity index (χ2n) is 1.60. The van der Waals surface area contributed by atoms with Crippen LogP contribution in [0.3, 0.4) is 0 Å². The van der Waals surface area contributed by atoms with E-state index >= 15 is 0 Å². The second kappa shape index (κ2) is 3.63. The number of pyridine rings is 1. The summed E-state index contributed by atoms with van der Waals surface area (Å²) in [6, 6.07) is 3.74. The average molecular weight is 217 g/mol. The van der Waals surface area contributed by atoms with Gasteiger partial charge in [-0.15, -0.1) is 0 Å². The van der Waals surface area contributed by atoms with E-state index in [1.165, 1.54) is 5.49 Å². The van der Waals surface area contributed by atoms with Crippen LogP contribution in [-0.2, 0) is 0 Å². The van der Waals surface area contributed by atoms with E-state index in [1.54, 1.807) is 6.20 Å². The Morgan fingerprint density at radius 2 is 2.50 bits per heavy atom. The Balaban J connectivity index is 2.91. The highest BCUT2D eigenvalue weighted by molar-refractivity contribution is 9.10. The molecule has 0 amide bonds. The fraction of sp³-hybridized carbons (Fsp3) is 0. The largest absolute Gasteiger partial charge is 0.336 e. The molecule has 0 spiro atoms. The Labute approximate surface area is 72.8 Å². The Morgan fingerprint density at radius 1 is 1.70 bits per heavy atom. The van der Waals surface area contributed by atoms with Gasteiger partial charge in [0.25, 0.3) is 0 Å². The van der Waals surface area contributed by atoms with Crippen LogP contribution in [0.2, 0.25) is 0 Å². The van der Waals surface area contributed by atoms with Gasteiger partial charge in [-0.05, 0) is 28.1 Å². The van der Waals surface area contributed by atoms with Crippen LogP contribution in [0.5, 0.6) is 0 Å². The van der Waals surface area contributed by atoms with Gasteiger partial charge in [0.15, 0.2) is 0 Å². The SMILES string of the molecule is S=CNc1ncccc1Br. The van der Waals surface area contributed by atoms with Gasteiger partial charge in [0.05, 0.1) is 9.96 Å². The fourth-order valence-corrected chi connectivity index (χ4v) is 1.03. The molecule has 2 nitrogen and oxygen atoms in total. The molecule has 0 fully saturated rings. The first kappa shape index (κ1) is 7.63. The van der Waals surface area contributed by atoms with Crippen LogP contribution in [0.15, 0.2) is 22.8 Å². The molecule has 10 heavy (non-hydrogen) atoms. The minimum Gasteiger partial charge on any atom is -0.336 e. The van der Waals surface area contributed by atoms with Gasteiger partial charge in [0, 0.05) is 6.20 Å². The van der Waals surface area contributed by atoms with Crippen molar-refractivity contribution in [3.63, 3.8) is 0 Å². The van der Waals surface area contributed by atoms with Gasteiger partial charge in [-0.1, -0.05) is 12.2 Å². The van der Waals surface area contributed by atoms with Crippen LogP contribution in [0.4, 0.5) is 5.82 Å². The topological polar surface area (TPSA) is 24.9 Å². The highest BCUT2D eigenvalue weighted by Gasteiger charge is 1.94. The van der Waals surface area contributed by atoms with Crippen LogP contribution in [0.1, 0.15) is 0 Å². The minimum atomic E-state index is 0.748. The molecule has 4 heteroatoms. The average Bonchev–Trinajstić information content (AvgIpc) is 1.94. The molecule has 0 radical (unpaired) electrons. The van der Waals surface area contributed by atoms with E-state index in [0.717, 1.165) is 10.3 Å². The van der Waals surface area contributed by atoms with Gasteiger partial charge >= 0.3 is 0 Å². The number of hydrogen-bond acceptors (Lipinski definition) is 2.